The molecule has 1 rings (SSSR count). The quantitative estimate of drug-likeness (QED) is 0.928. The van der Waals surface area contributed by atoms with Crippen LogP contribution in [0.5, 0.6) is 0 Å². The van der Waals surface area contributed by atoms with Gasteiger partial charge in [0.1, 0.15) is 0 Å². The van der Waals surface area contributed by atoms with Gasteiger partial charge in [-0.05, 0) is 18.2 Å². The van der Waals surface area contributed by atoms with Crippen molar-refractivity contribution in [2.75, 3.05) is 13.6 Å². The van der Waals surface area contributed by atoms with Crippen LogP contribution in [0.1, 0.15) is 16.8 Å². The summed E-state index contributed by atoms with van der Waals surface area (Å²) in [6, 6.07) is 4.94. The van der Waals surface area contributed by atoms with Crippen LogP contribution in [0.2, 0.25) is 5.02 Å². The minimum absolute atomic E-state index is 0.0869. The largest absolute Gasteiger partial charge is 0.481 e. The third-order valence-corrected chi connectivity index (χ3v) is 2.98. The van der Waals surface area contributed by atoms with Crippen LogP contribution in [-0.2, 0) is 4.79 Å². The number of benzene rings is 1. The zero-order chi connectivity index (χ0) is 13.0. The fraction of sp³-hybridized carbons (Fsp3) is 0.273. The summed E-state index contributed by atoms with van der Waals surface area (Å²) in [7, 11) is 1.55. The van der Waals surface area contributed by atoms with Crippen LogP contribution in [0.15, 0.2) is 22.7 Å². The first-order valence-electron chi connectivity index (χ1n) is 4.84. The van der Waals surface area contributed by atoms with Crippen molar-refractivity contribution in [3.63, 3.8) is 0 Å². The van der Waals surface area contributed by atoms with Crippen LogP contribution in [0.3, 0.4) is 0 Å². The molecule has 4 nitrogen and oxygen atoms in total. The lowest BCUT2D eigenvalue weighted by Crippen LogP contribution is -2.29. The summed E-state index contributed by atoms with van der Waals surface area (Å²) in [5.74, 6) is -1.23. The lowest BCUT2D eigenvalue weighted by atomic mass is 10.2. The van der Waals surface area contributed by atoms with Gasteiger partial charge < -0.3 is 10.0 Å². The maximum atomic E-state index is 11.9. The molecule has 1 N–H and O–H groups in total. The summed E-state index contributed by atoms with van der Waals surface area (Å²) in [4.78, 5) is 23.7. The smallest absolute Gasteiger partial charge is 0.305 e. The molecule has 1 amide bonds. The number of halogens is 2. The van der Waals surface area contributed by atoms with Crippen molar-refractivity contribution in [1.82, 2.24) is 4.90 Å². The second-order valence-electron chi connectivity index (χ2n) is 3.49. The van der Waals surface area contributed by atoms with Crippen LogP contribution >= 0.6 is 27.5 Å². The van der Waals surface area contributed by atoms with Gasteiger partial charge in [0.2, 0.25) is 0 Å². The predicted molar refractivity (Wildman–Crippen MR) is 68.4 cm³/mol. The van der Waals surface area contributed by atoms with E-state index in [0.29, 0.717) is 10.6 Å². The molecule has 0 aliphatic carbocycles. The lowest BCUT2D eigenvalue weighted by Gasteiger charge is -2.16. The van der Waals surface area contributed by atoms with Crippen LogP contribution in [0.25, 0.3) is 0 Å². The van der Waals surface area contributed by atoms with E-state index in [4.69, 9.17) is 16.7 Å². The highest BCUT2D eigenvalue weighted by Crippen LogP contribution is 2.22. The van der Waals surface area contributed by atoms with Gasteiger partial charge in [0.25, 0.3) is 5.91 Å². The molecule has 0 spiro atoms. The number of carboxylic acid groups (broad SMARTS) is 1. The average Bonchev–Trinajstić information content (AvgIpc) is 2.25. The lowest BCUT2D eigenvalue weighted by molar-refractivity contribution is -0.137. The molecule has 0 unspecified atom stereocenters. The summed E-state index contributed by atoms with van der Waals surface area (Å²) in [6.07, 6.45) is -0.0869. The third-order valence-electron chi connectivity index (χ3n) is 2.17. The van der Waals surface area contributed by atoms with Gasteiger partial charge >= 0.3 is 5.97 Å². The number of hydrogen-bond donors (Lipinski definition) is 1. The Labute approximate surface area is 112 Å². The minimum atomic E-state index is -0.938. The molecule has 0 fully saturated rings. The van der Waals surface area contributed by atoms with E-state index in [1.807, 2.05) is 0 Å². The highest BCUT2D eigenvalue weighted by molar-refractivity contribution is 9.10. The Morgan fingerprint density at radius 1 is 1.47 bits per heavy atom. The first-order valence-corrected chi connectivity index (χ1v) is 6.01. The number of nitrogens with zero attached hydrogens (tertiary/aromatic N) is 1. The summed E-state index contributed by atoms with van der Waals surface area (Å²) in [6.45, 7) is 0.153. The van der Waals surface area contributed by atoms with Crippen molar-refractivity contribution in [1.29, 1.82) is 0 Å². The molecule has 1 aromatic rings. The van der Waals surface area contributed by atoms with E-state index in [1.165, 1.54) is 4.90 Å². The van der Waals surface area contributed by atoms with E-state index >= 15 is 0 Å². The molecule has 0 heterocycles. The standard InChI is InChI=1S/C11H11BrClNO3/c1-14(5-4-10(15)16)11(17)8-3-2-7(12)6-9(8)13/h2-3,6H,4-5H2,1H3,(H,15,16). The van der Waals surface area contributed by atoms with E-state index in [0.717, 1.165) is 4.47 Å². The molecule has 1 aromatic carbocycles. The van der Waals surface area contributed by atoms with Crippen molar-refractivity contribution in [2.45, 2.75) is 6.42 Å². The van der Waals surface area contributed by atoms with Crippen molar-refractivity contribution in [3.05, 3.63) is 33.3 Å². The molecule has 0 saturated carbocycles. The van der Waals surface area contributed by atoms with E-state index < -0.39 is 5.97 Å². The van der Waals surface area contributed by atoms with Crippen molar-refractivity contribution < 1.29 is 14.7 Å². The Bertz CT molecular complexity index is 450. The molecule has 92 valence electrons. The Balaban J connectivity index is 2.78. The van der Waals surface area contributed by atoms with Crippen molar-refractivity contribution in [3.8, 4) is 0 Å². The number of rotatable bonds is 4. The Morgan fingerprint density at radius 3 is 2.65 bits per heavy atom. The van der Waals surface area contributed by atoms with E-state index in [2.05, 4.69) is 15.9 Å². The van der Waals surface area contributed by atoms with Crippen LogP contribution < -0.4 is 0 Å². The number of carboxylic acids is 1. The monoisotopic (exact) mass is 319 g/mol. The maximum Gasteiger partial charge on any atom is 0.305 e. The van der Waals surface area contributed by atoms with Crippen LogP contribution in [0.4, 0.5) is 0 Å². The van der Waals surface area contributed by atoms with Gasteiger partial charge in [-0.1, -0.05) is 27.5 Å². The summed E-state index contributed by atoms with van der Waals surface area (Å²) in [5, 5.41) is 8.87. The summed E-state index contributed by atoms with van der Waals surface area (Å²) < 4.78 is 0.784. The minimum Gasteiger partial charge on any atom is -0.481 e. The normalized spacial score (nSPS) is 10.1. The van der Waals surface area contributed by atoms with Gasteiger partial charge in [-0.2, -0.15) is 0 Å². The van der Waals surface area contributed by atoms with Gasteiger partial charge in [-0.25, -0.2) is 0 Å². The number of aliphatic carboxylic acids is 1. The molecule has 0 atom stereocenters. The van der Waals surface area contributed by atoms with Crippen LogP contribution in [-0.4, -0.2) is 35.5 Å². The number of amides is 1. The average molecular weight is 321 g/mol. The SMILES string of the molecule is CN(CCC(=O)O)C(=O)c1ccc(Br)cc1Cl. The first kappa shape index (κ1) is 14.0. The zero-order valence-electron chi connectivity index (χ0n) is 9.11. The number of hydrogen-bond acceptors (Lipinski definition) is 2. The van der Waals surface area contributed by atoms with Crippen LogP contribution in [0, 0.1) is 0 Å². The molecule has 0 saturated heterocycles. The maximum absolute atomic E-state index is 11.9. The topological polar surface area (TPSA) is 57.6 Å². The van der Waals surface area contributed by atoms with E-state index in [-0.39, 0.29) is 18.9 Å². The number of carbonyl (C=O) groups excluding carboxylic acids is 1. The first-order chi connectivity index (χ1) is 7.91. The fourth-order valence-electron chi connectivity index (χ4n) is 1.23. The van der Waals surface area contributed by atoms with Crippen molar-refractivity contribution in [2.24, 2.45) is 0 Å². The van der Waals surface area contributed by atoms with Crippen molar-refractivity contribution >= 4 is 39.4 Å². The van der Waals surface area contributed by atoms with Gasteiger partial charge in [-0.15, -0.1) is 0 Å². The fourth-order valence-corrected chi connectivity index (χ4v) is 1.99. The highest BCUT2D eigenvalue weighted by atomic mass is 79.9. The molecule has 0 bridgehead atoms. The van der Waals surface area contributed by atoms with Gasteiger partial charge in [0, 0.05) is 18.1 Å². The molecule has 0 aliphatic heterocycles. The predicted octanol–water partition coefficient (Wildman–Crippen LogP) is 2.65. The molecule has 0 radical (unpaired) electrons. The van der Waals surface area contributed by atoms with Gasteiger partial charge in [-0.3, -0.25) is 9.59 Å². The molecule has 0 aliphatic rings. The summed E-state index contributed by atoms with van der Waals surface area (Å²) in [5.41, 5.74) is 0.364. The second-order valence-corrected chi connectivity index (χ2v) is 4.82. The third kappa shape index (κ3) is 4.02. The molecule has 17 heavy (non-hydrogen) atoms. The number of carbonyl (C=O) groups is 2. The van der Waals surface area contributed by atoms with E-state index in [9.17, 15) is 9.59 Å². The second kappa shape index (κ2) is 6.02. The molecule has 6 heteroatoms. The Hall–Kier alpha value is -1.07. The van der Waals surface area contributed by atoms with E-state index in [1.54, 1.807) is 25.2 Å². The summed E-state index contributed by atoms with van der Waals surface area (Å²) >= 11 is 9.18. The Kier molecular flexibility index (Phi) is 4.96. The Morgan fingerprint density at radius 2 is 2.12 bits per heavy atom. The highest BCUT2D eigenvalue weighted by Gasteiger charge is 2.15. The van der Waals surface area contributed by atoms with Gasteiger partial charge in [0.05, 0.1) is 17.0 Å². The molecular formula is C11H11BrClNO3. The zero-order valence-corrected chi connectivity index (χ0v) is 11.5. The van der Waals surface area contributed by atoms with Gasteiger partial charge in [0.15, 0.2) is 0 Å². The molecule has 0 aromatic heterocycles. The molecular weight excluding hydrogens is 309 g/mol.